The lowest BCUT2D eigenvalue weighted by atomic mass is 10.1. The number of imide groups is 1. The van der Waals surface area contributed by atoms with Crippen molar-refractivity contribution in [2.24, 2.45) is 0 Å². The first-order chi connectivity index (χ1) is 17.5. The fourth-order valence-electron chi connectivity index (χ4n) is 4.72. The van der Waals surface area contributed by atoms with Gasteiger partial charge in [0.15, 0.2) is 0 Å². The molecule has 0 bridgehead atoms. The number of ether oxygens (including phenoxy) is 1. The Morgan fingerprint density at radius 2 is 1.53 bits per heavy atom. The molecule has 0 radical (unpaired) electrons. The first kappa shape index (κ1) is 23.8. The number of anilines is 1. The summed E-state index contributed by atoms with van der Waals surface area (Å²) in [6.07, 6.45) is 2.54. The molecule has 1 N–H and O–H groups in total. The Morgan fingerprint density at radius 3 is 2.22 bits per heavy atom. The van der Waals surface area contributed by atoms with Crippen LogP contribution in [0.2, 0.25) is 0 Å². The Hall–Kier alpha value is -3.97. The number of hydrogen-bond donors (Lipinski definition) is 1. The van der Waals surface area contributed by atoms with Crippen molar-refractivity contribution in [3.8, 4) is 5.75 Å². The maximum Gasteiger partial charge on any atom is 0.266 e. The molecule has 0 saturated carbocycles. The van der Waals surface area contributed by atoms with Gasteiger partial charge in [-0.05, 0) is 86.4 Å². The van der Waals surface area contributed by atoms with Crippen LogP contribution in [0.5, 0.6) is 5.75 Å². The van der Waals surface area contributed by atoms with Gasteiger partial charge in [-0.25, -0.2) is 4.90 Å². The number of hydrogen-bond acceptors (Lipinski definition) is 5. The van der Waals surface area contributed by atoms with Crippen LogP contribution in [0.25, 0.3) is 0 Å². The van der Waals surface area contributed by atoms with E-state index in [1.165, 1.54) is 24.5 Å². The molecule has 184 valence electrons. The molecule has 1 saturated heterocycles. The van der Waals surface area contributed by atoms with Crippen LogP contribution in [-0.2, 0) is 13.1 Å². The molecule has 7 nitrogen and oxygen atoms in total. The maximum absolute atomic E-state index is 13.1. The fourth-order valence-corrected chi connectivity index (χ4v) is 4.72. The summed E-state index contributed by atoms with van der Waals surface area (Å²) in [4.78, 5) is 42.4. The number of likely N-dealkylation sites (tertiary alicyclic amines) is 1. The third kappa shape index (κ3) is 4.88. The molecule has 1 fully saturated rings. The number of carbonyl (C=O) groups excluding carboxylic acids is 3. The predicted octanol–water partition coefficient (Wildman–Crippen LogP) is 4.41. The van der Waals surface area contributed by atoms with Gasteiger partial charge < -0.3 is 10.1 Å². The molecule has 36 heavy (non-hydrogen) atoms. The lowest BCUT2D eigenvalue weighted by molar-refractivity contribution is 0.0923. The van der Waals surface area contributed by atoms with E-state index in [9.17, 15) is 14.4 Å². The Bertz CT molecular complexity index is 1280. The first-order valence-electron chi connectivity index (χ1n) is 12.4. The van der Waals surface area contributed by atoms with Crippen molar-refractivity contribution in [2.45, 2.75) is 32.9 Å². The van der Waals surface area contributed by atoms with Gasteiger partial charge in [0.25, 0.3) is 17.7 Å². The van der Waals surface area contributed by atoms with E-state index in [-0.39, 0.29) is 11.5 Å². The van der Waals surface area contributed by atoms with E-state index in [1.807, 2.05) is 19.1 Å². The topological polar surface area (TPSA) is 79.0 Å². The van der Waals surface area contributed by atoms with Crippen LogP contribution >= 0.6 is 0 Å². The van der Waals surface area contributed by atoms with Crippen LogP contribution in [0.3, 0.4) is 0 Å². The summed E-state index contributed by atoms with van der Waals surface area (Å²) in [6.45, 7) is 6.07. The zero-order valence-electron chi connectivity index (χ0n) is 20.3. The second-order valence-corrected chi connectivity index (χ2v) is 9.12. The Kier molecular flexibility index (Phi) is 6.82. The van der Waals surface area contributed by atoms with Gasteiger partial charge in [0.1, 0.15) is 5.75 Å². The Morgan fingerprint density at radius 1 is 0.861 bits per heavy atom. The van der Waals surface area contributed by atoms with E-state index < -0.39 is 11.8 Å². The molecular weight excluding hydrogens is 454 g/mol. The van der Waals surface area contributed by atoms with E-state index >= 15 is 0 Å². The molecule has 2 aliphatic rings. The highest BCUT2D eigenvalue weighted by Gasteiger charge is 2.37. The van der Waals surface area contributed by atoms with Crippen molar-refractivity contribution in [2.75, 3.05) is 24.6 Å². The highest BCUT2D eigenvalue weighted by molar-refractivity contribution is 6.34. The first-order valence-corrected chi connectivity index (χ1v) is 12.4. The van der Waals surface area contributed by atoms with Crippen molar-refractivity contribution in [1.82, 2.24) is 10.2 Å². The van der Waals surface area contributed by atoms with Crippen LogP contribution in [0.15, 0.2) is 66.7 Å². The van der Waals surface area contributed by atoms with Gasteiger partial charge in [0.05, 0.1) is 23.4 Å². The SMILES string of the molecule is CCOc1ccc(N2C(=O)c3ccc(C(=O)NCc4ccc(CN5CCCC5)cc4)cc3C2=O)cc1. The minimum atomic E-state index is -0.442. The molecule has 0 unspecified atom stereocenters. The second-order valence-electron chi connectivity index (χ2n) is 9.12. The molecule has 3 amide bonds. The minimum absolute atomic E-state index is 0.229. The van der Waals surface area contributed by atoms with Gasteiger partial charge in [-0.2, -0.15) is 0 Å². The fraction of sp³-hybridized carbons (Fsp3) is 0.276. The van der Waals surface area contributed by atoms with Crippen molar-refractivity contribution in [1.29, 1.82) is 0 Å². The lowest BCUT2D eigenvalue weighted by Crippen LogP contribution is -2.29. The molecule has 0 spiro atoms. The average molecular weight is 484 g/mol. The third-order valence-electron chi connectivity index (χ3n) is 6.64. The summed E-state index contributed by atoms with van der Waals surface area (Å²) in [5.41, 5.74) is 3.60. The smallest absolute Gasteiger partial charge is 0.266 e. The number of nitrogens with one attached hydrogen (secondary N) is 1. The van der Waals surface area contributed by atoms with Crippen LogP contribution in [0, 0.1) is 0 Å². The van der Waals surface area contributed by atoms with Gasteiger partial charge in [0, 0.05) is 18.7 Å². The maximum atomic E-state index is 13.1. The number of amides is 3. The van der Waals surface area contributed by atoms with Crippen LogP contribution in [0.1, 0.15) is 62.0 Å². The summed E-state index contributed by atoms with van der Waals surface area (Å²) in [7, 11) is 0. The Balaban J connectivity index is 1.23. The summed E-state index contributed by atoms with van der Waals surface area (Å²) >= 11 is 0. The molecule has 5 rings (SSSR count). The number of nitrogens with zero attached hydrogens (tertiary/aromatic N) is 2. The van der Waals surface area contributed by atoms with Gasteiger partial charge in [-0.15, -0.1) is 0 Å². The molecular formula is C29H29N3O4. The molecule has 3 aromatic carbocycles. The van der Waals surface area contributed by atoms with Crippen LogP contribution < -0.4 is 15.0 Å². The number of benzene rings is 3. The molecule has 0 aromatic heterocycles. The van der Waals surface area contributed by atoms with E-state index in [2.05, 4.69) is 22.3 Å². The summed E-state index contributed by atoms with van der Waals surface area (Å²) in [5.74, 6) is -0.473. The molecule has 2 aliphatic heterocycles. The van der Waals surface area contributed by atoms with Crippen molar-refractivity contribution in [3.05, 3.63) is 94.5 Å². The number of carbonyl (C=O) groups is 3. The lowest BCUT2D eigenvalue weighted by Gasteiger charge is -2.14. The van der Waals surface area contributed by atoms with E-state index in [1.54, 1.807) is 36.4 Å². The summed E-state index contributed by atoms with van der Waals surface area (Å²) < 4.78 is 5.43. The summed E-state index contributed by atoms with van der Waals surface area (Å²) in [5, 5.41) is 2.91. The van der Waals surface area contributed by atoms with Gasteiger partial charge >= 0.3 is 0 Å². The zero-order chi connectivity index (χ0) is 25.1. The average Bonchev–Trinajstić information content (AvgIpc) is 3.50. The predicted molar refractivity (Wildman–Crippen MR) is 137 cm³/mol. The van der Waals surface area contributed by atoms with Gasteiger partial charge in [-0.3, -0.25) is 19.3 Å². The van der Waals surface area contributed by atoms with Crippen molar-refractivity contribution >= 4 is 23.4 Å². The molecule has 0 aliphatic carbocycles. The summed E-state index contributed by atoms with van der Waals surface area (Å²) in [6, 6.07) is 19.7. The zero-order valence-corrected chi connectivity index (χ0v) is 20.3. The number of fused-ring (bicyclic) bond motifs is 1. The standard InChI is InChI=1S/C29H29N3O4/c1-2-36-24-12-10-23(11-13-24)32-28(34)25-14-9-22(17-26(25)29(32)35)27(33)30-18-20-5-7-21(8-6-20)19-31-15-3-4-16-31/h5-14,17H,2-4,15-16,18-19H2,1H3,(H,30,33). The Labute approximate surface area is 210 Å². The van der Waals surface area contributed by atoms with Crippen LogP contribution in [-0.4, -0.2) is 42.3 Å². The van der Waals surface area contributed by atoms with Gasteiger partial charge in [-0.1, -0.05) is 24.3 Å². The molecule has 7 heteroatoms. The van der Waals surface area contributed by atoms with Gasteiger partial charge in [0.2, 0.25) is 0 Å². The van der Waals surface area contributed by atoms with Crippen molar-refractivity contribution in [3.63, 3.8) is 0 Å². The molecule has 0 atom stereocenters. The number of rotatable bonds is 8. The molecule has 2 heterocycles. The monoisotopic (exact) mass is 483 g/mol. The quantitative estimate of drug-likeness (QED) is 0.480. The third-order valence-corrected chi connectivity index (χ3v) is 6.64. The molecule has 3 aromatic rings. The highest BCUT2D eigenvalue weighted by Crippen LogP contribution is 2.30. The van der Waals surface area contributed by atoms with E-state index in [0.29, 0.717) is 35.7 Å². The normalized spacial score (nSPS) is 15.3. The largest absolute Gasteiger partial charge is 0.494 e. The minimum Gasteiger partial charge on any atom is -0.494 e. The highest BCUT2D eigenvalue weighted by atomic mass is 16.5. The van der Waals surface area contributed by atoms with E-state index in [4.69, 9.17) is 4.74 Å². The van der Waals surface area contributed by atoms with E-state index in [0.717, 1.165) is 30.1 Å². The van der Waals surface area contributed by atoms with Crippen molar-refractivity contribution < 1.29 is 19.1 Å². The van der Waals surface area contributed by atoms with Crippen LogP contribution in [0.4, 0.5) is 5.69 Å². The second kappa shape index (κ2) is 10.3.